The Morgan fingerprint density at radius 2 is 1.85 bits per heavy atom. The number of carbonyl (C=O) groups excluding carboxylic acids is 1. The van der Waals surface area contributed by atoms with Crippen LogP contribution in [0.2, 0.25) is 5.02 Å². The summed E-state index contributed by atoms with van der Waals surface area (Å²) in [7, 11) is -3.60. The minimum absolute atomic E-state index is 0.0111. The van der Waals surface area contributed by atoms with Gasteiger partial charge < -0.3 is 4.90 Å². The van der Waals surface area contributed by atoms with Gasteiger partial charge in [-0.15, -0.1) is 0 Å². The van der Waals surface area contributed by atoms with Crippen LogP contribution in [0.5, 0.6) is 0 Å². The third-order valence-corrected chi connectivity index (χ3v) is 6.36. The maximum Gasteiger partial charge on any atom is 0.240 e. The molecule has 1 aliphatic heterocycles. The second-order valence-electron chi connectivity index (χ2n) is 6.67. The van der Waals surface area contributed by atoms with E-state index in [2.05, 4.69) is 4.72 Å². The van der Waals surface area contributed by atoms with Gasteiger partial charge in [-0.2, -0.15) is 0 Å². The summed E-state index contributed by atoms with van der Waals surface area (Å²) in [5.74, 6) is -0.0817. The lowest BCUT2D eigenvalue weighted by molar-refractivity contribution is -0.117. The molecule has 1 amide bonds. The van der Waals surface area contributed by atoms with E-state index in [0.717, 1.165) is 11.3 Å². The average molecular weight is 393 g/mol. The molecule has 0 radical (unpaired) electrons. The highest BCUT2D eigenvalue weighted by Crippen LogP contribution is 2.26. The van der Waals surface area contributed by atoms with Crippen molar-refractivity contribution in [3.05, 3.63) is 58.6 Å². The van der Waals surface area contributed by atoms with Crippen LogP contribution in [0.4, 0.5) is 5.69 Å². The highest BCUT2D eigenvalue weighted by Gasteiger charge is 2.31. The van der Waals surface area contributed by atoms with Gasteiger partial charge in [-0.25, -0.2) is 13.1 Å². The van der Waals surface area contributed by atoms with Crippen LogP contribution in [-0.2, 0) is 14.8 Å². The van der Waals surface area contributed by atoms with Gasteiger partial charge in [0.2, 0.25) is 15.9 Å². The molecule has 2 aromatic rings. The van der Waals surface area contributed by atoms with Crippen molar-refractivity contribution in [1.29, 1.82) is 0 Å². The zero-order valence-corrected chi connectivity index (χ0v) is 16.3. The fourth-order valence-electron chi connectivity index (χ4n) is 3.20. The van der Waals surface area contributed by atoms with Crippen LogP contribution in [0, 0.1) is 19.8 Å². The van der Waals surface area contributed by atoms with E-state index in [1.807, 2.05) is 13.0 Å². The molecule has 1 saturated heterocycles. The van der Waals surface area contributed by atoms with Gasteiger partial charge in [0.1, 0.15) is 0 Å². The van der Waals surface area contributed by atoms with E-state index in [1.54, 1.807) is 48.2 Å². The maximum atomic E-state index is 12.6. The van der Waals surface area contributed by atoms with Crippen LogP contribution >= 0.6 is 11.6 Å². The van der Waals surface area contributed by atoms with Crippen LogP contribution in [0.1, 0.15) is 17.5 Å². The zero-order valence-electron chi connectivity index (χ0n) is 14.7. The molecule has 1 fully saturated rings. The summed E-state index contributed by atoms with van der Waals surface area (Å²) < 4.78 is 27.8. The lowest BCUT2D eigenvalue weighted by atomic mass is 10.1. The predicted octanol–water partition coefficient (Wildman–Crippen LogP) is 3.29. The topological polar surface area (TPSA) is 66.5 Å². The quantitative estimate of drug-likeness (QED) is 0.849. The van der Waals surface area contributed by atoms with E-state index < -0.39 is 10.0 Å². The van der Waals surface area contributed by atoms with Crippen molar-refractivity contribution in [2.45, 2.75) is 25.2 Å². The zero-order chi connectivity index (χ0) is 18.9. The number of sulfonamides is 1. The number of nitrogens with one attached hydrogen (secondary N) is 1. The number of rotatable bonds is 5. The van der Waals surface area contributed by atoms with Crippen LogP contribution in [0.3, 0.4) is 0 Å². The first-order chi connectivity index (χ1) is 12.3. The molecule has 0 spiro atoms. The second kappa shape index (κ2) is 7.39. The highest BCUT2D eigenvalue weighted by molar-refractivity contribution is 7.89. The van der Waals surface area contributed by atoms with E-state index in [4.69, 9.17) is 11.6 Å². The summed E-state index contributed by atoms with van der Waals surface area (Å²) in [5, 5.41) is 0.609. The minimum Gasteiger partial charge on any atom is -0.312 e. The van der Waals surface area contributed by atoms with Gasteiger partial charge >= 0.3 is 0 Å². The van der Waals surface area contributed by atoms with E-state index in [9.17, 15) is 13.2 Å². The summed E-state index contributed by atoms with van der Waals surface area (Å²) >= 11 is 5.88. The number of anilines is 1. The standard InChI is InChI=1S/C19H21ClN2O3S/c1-13-3-8-18(14(2)9-13)26(24,25)21-11-15-10-19(23)22(12-15)17-6-4-16(20)5-7-17/h3-9,15,21H,10-12H2,1-2H3. The SMILES string of the molecule is Cc1ccc(S(=O)(=O)NCC2CC(=O)N(c3ccc(Cl)cc3)C2)c(C)c1. The first-order valence-electron chi connectivity index (χ1n) is 8.39. The second-order valence-corrected chi connectivity index (χ2v) is 8.84. The molecule has 1 aliphatic rings. The Balaban J connectivity index is 1.66. The number of carbonyl (C=O) groups is 1. The molecule has 26 heavy (non-hydrogen) atoms. The Bertz CT molecular complexity index is 926. The van der Waals surface area contributed by atoms with Gasteiger partial charge in [-0.1, -0.05) is 29.3 Å². The number of hydrogen-bond donors (Lipinski definition) is 1. The molecular weight excluding hydrogens is 372 g/mol. The van der Waals surface area contributed by atoms with E-state index in [-0.39, 0.29) is 23.3 Å². The van der Waals surface area contributed by atoms with Gasteiger partial charge in [-0.3, -0.25) is 4.79 Å². The number of hydrogen-bond acceptors (Lipinski definition) is 3. The molecule has 1 atom stereocenters. The molecule has 7 heteroatoms. The van der Waals surface area contributed by atoms with Gasteiger partial charge in [0.15, 0.2) is 0 Å². The smallest absolute Gasteiger partial charge is 0.240 e. The lowest BCUT2D eigenvalue weighted by Gasteiger charge is -2.17. The van der Waals surface area contributed by atoms with Crippen molar-refractivity contribution in [3.63, 3.8) is 0 Å². The Kier molecular flexibility index (Phi) is 5.37. The van der Waals surface area contributed by atoms with Crippen LogP contribution in [0.25, 0.3) is 0 Å². The third-order valence-electron chi connectivity index (χ3n) is 4.53. The molecule has 0 saturated carbocycles. The molecule has 1 N–H and O–H groups in total. The molecule has 2 aromatic carbocycles. The van der Waals surface area contributed by atoms with Crippen molar-refractivity contribution in [2.75, 3.05) is 18.0 Å². The summed E-state index contributed by atoms with van der Waals surface area (Å²) in [5.41, 5.74) is 2.50. The molecule has 1 unspecified atom stereocenters. The van der Waals surface area contributed by atoms with Crippen LogP contribution in [0.15, 0.2) is 47.4 Å². The summed E-state index contributed by atoms with van der Waals surface area (Å²) in [6.07, 6.45) is 0.317. The van der Waals surface area contributed by atoms with Crippen molar-refractivity contribution >= 4 is 33.2 Å². The number of aryl methyl sites for hydroxylation is 2. The molecule has 138 valence electrons. The highest BCUT2D eigenvalue weighted by atomic mass is 35.5. The largest absolute Gasteiger partial charge is 0.312 e. The molecule has 5 nitrogen and oxygen atoms in total. The molecule has 0 bridgehead atoms. The Labute approximate surface area is 159 Å². The van der Waals surface area contributed by atoms with Gasteiger partial charge in [-0.05, 0) is 55.7 Å². The third kappa shape index (κ3) is 4.09. The normalized spacial score (nSPS) is 17.7. The van der Waals surface area contributed by atoms with Crippen molar-refractivity contribution in [3.8, 4) is 0 Å². The number of amides is 1. The first kappa shape index (κ1) is 18.9. The summed E-state index contributed by atoms with van der Waals surface area (Å²) in [6, 6.07) is 12.3. The Morgan fingerprint density at radius 3 is 2.50 bits per heavy atom. The van der Waals surface area contributed by atoms with E-state index >= 15 is 0 Å². The molecule has 0 aromatic heterocycles. The number of benzene rings is 2. The fraction of sp³-hybridized carbons (Fsp3) is 0.316. The van der Waals surface area contributed by atoms with Crippen molar-refractivity contribution in [2.24, 2.45) is 5.92 Å². The van der Waals surface area contributed by atoms with Crippen LogP contribution in [-0.4, -0.2) is 27.4 Å². The Morgan fingerprint density at radius 1 is 1.15 bits per heavy atom. The number of nitrogens with zero attached hydrogens (tertiary/aromatic N) is 1. The van der Waals surface area contributed by atoms with Crippen LogP contribution < -0.4 is 9.62 Å². The average Bonchev–Trinajstić information content (AvgIpc) is 2.94. The van der Waals surface area contributed by atoms with Crippen molar-refractivity contribution in [1.82, 2.24) is 4.72 Å². The Hall–Kier alpha value is -1.89. The predicted molar refractivity (Wildman–Crippen MR) is 103 cm³/mol. The summed E-state index contributed by atoms with van der Waals surface area (Å²) in [6.45, 7) is 4.41. The molecular formula is C19H21ClN2O3S. The van der Waals surface area contributed by atoms with Gasteiger partial charge in [0.25, 0.3) is 0 Å². The van der Waals surface area contributed by atoms with Gasteiger partial charge in [0, 0.05) is 30.2 Å². The van der Waals surface area contributed by atoms with Crippen molar-refractivity contribution < 1.29 is 13.2 Å². The molecule has 0 aliphatic carbocycles. The minimum atomic E-state index is -3.60. The first-order valence-corrected chi connectivity index (χ1v) is 10.3. The van der Waals surface area contributed by atoms with Gasteiger partial charge in [0.05, 0.1) is 4.90 Å². The maximum absolute atomic E-state index is 12.6. The fourth-order valence-corrected chi connectivity index (χ4v) is 4.66. The molecule has 1 heterocycles. The van der Waals surface area contributed by atoms with E-state index in [1.165, 1.54) is 0 Å². The lowest BCUT2D eigenvalue weighted by Crippen LogP contribution is -2.31. The monoisotopic (exact) mass is 392 g/mol. The number of halogens is 1. The van der Waals surface area contributed by atoms with E-state index in [0.29, 0.717) is 23.6 Å². The molecule has 3 rings (SSSR count). The summed E-state index contributed by atoms with van der Waals surface area (Å²) in [4.78, 5) is 14.2.